The van der Waals surface area contributed by atoms with Gasteiger partial charge in [0.1, 0.15) is 17.3 Å². The number of para-hydroxylation sites is 2. The molecule has 0 N–H and O–H groups in total. The molecule has 0 saturated carbocycles. The molecule has 2 fully saturated rings. The lowest BCUT2D eigenvalue weighted by molar-refractivity contribution is -0.138. The molecule has 6 rings (SSSR count). The Morgan fingerprint density at radius 2 is 1.91 bits per heavy atom. The molecule has 0 radical (unpaired) electrons. The van der Waals surface area contributed by atoms with E-state index < -0.39 is 0 Å². The third-order valence-corrected chi connectivity index (χ3v) is 5.30. The smallest absolute Gasteiger partial charge is 0.235 e. The van der Waals surface area contributed by atoms with E-state index in [-0.39, 0.29) is 35.6 Å². The SMILES string of the molecule is CN1C(=O)C2C3C=CC(C2C1=O)N1COc2ccccc2N=C31. The first-order valence-electron chi connectivity index (χ1n) is 7.73. The molecule has 2 saturated heterocycles. The van der Waals surface area contributed by atoms with Gasteiger partial charge in [-0.2, -0.15) is 0 Å². The zero-order valence-electron chi connectivity index (χ0n) is 12.5. The molecule has 0 aromatic heterocycles. The number of amidine groups is 1. The van der Waals surface area contributed by atoms with E-state index in [1.54, 1.807) is 7.05 Å². The van der Waals surface area contributed by atoms with Crippen molar-refractivity contribution in [3.63, 3.8) is 0 Å². The Morgan fingerprint density at radius 3 is 2.78 bits per heavy atom. The third kappa shape index (κ3) is 1.50. The molecule has 6 nitrogen and oxygen atoms in total. The minimum atomic E-state index is -0.331. The van der Waals surface area contributed by atoms with Crippen LogP contribution in [0, 0.1) is 17.8 Å². The molecule has 6 heteroatoms. The number of nitrogens with zero attached hydrogens (tertiary/aromatic N) is 3. The normalized spacial score (nSPS) is 33.7. The summed E-state index contributed by atoms with van der Waals surface area (Å²) in [5.41, 5.74) is 0.771. The van der Waals surface area contributed by atoms with Crippen LogP contribution in [0.4, 0.5) is 5.69 Å². The summed E-state index contributed by atoms with van der Waals surface area (Å²) >= 11 is 0. The Balaban J connectivity index is 1.66. The van der Waals surface area contributed by atoms with Crippen LogP contribution in [0.1, 0.15) is 0 Å². The molecule has 2 amide bonds. The third-order valence-electron chi connectivity index (χ3n) is 5.30. The highest BCUT2D eigenvalue weighted by Gasteiger charge is 2.60. The van der Waals surface area contributed by atoms with E-state index in [1.807, 2.05) is 41.3 Å². The summed E-state index contributed by atoms with van der Waals surface area (Å²) in [5, 5.41) is 0. The number of hydrogen-bond donors (Lipinski definition) is 0. The van der Waals surface area contributed by atoms with Gasteiger partial charge in [-0.1, -0.05) is 24.3 Å². The number of carbonyl (C=O) groups is 2. The number of aliphatic imine (C=N–C) groups is 1. The maximum atomic E-state index is 12.5. The summed E-state index contributed by atoms with van der Waals surface area (Å²) in [6.45, 7) is 0.343. The van der Waals surface area contributed by atoms with Crippen molar-refractivity contribution >= 4 is 23.3 Å². The fourth-order valence-electron chi connectivity index (χ4n) is 4.19. The van der Waals surface area contributed by atoms with Gasteiger partial charge in [-0.05, 0) is 12.1 Å². The first kappa shape index (κ1) is 12.9. The van der Waals surface area contributed by atoms with E-state index in [0.717, 1.165) is 17.3 Å². The Morgan fingerprint density at radius 1 is 1.13 bits per heavy atom. The van der Waals surface area contributed by atoms with E-state index >= 15 is 0 Å². The van der Waals surface area contributed by atoms with E-state index in [9.17, 15) is 9.59 Å². The van der Waals surface area contributed by atoms with E-state index in [0.29, 0.717) is 6.73 Å². The van der Waals surface area contributed by atoms with Crippen LogP contribution in [0.25, 0.3) is 0 Å². The number of likely N-dealkylation sites (tertiary alicyclic amines) is 1. The van der Waals surface area contributed by atoms with Gasteiger partial charge in [0.2, 0.25) is 11.8 Å². The molecule has 1 aromatic carbocycles. The molecular formula is C17H15N3O3. The van der Waals surface area contributed by atoms with Gasteiger partial charge in [0.05, 0.1) is 17.9 Å². The van der Waals surface area contributed by atoms with Gasteiger partial charge in [0, 0.05) is 13.0 Å². The molecule has 4 heterocycles. The number of piperidine rings is 1. The second-order valence-corrected chi connectivity index (χ2v) is 6.37. The van der Waals surface area contributed by atoms with Crippen molar-refractivity contribution in [3.8, 4) is 5.75 Å². The van der Waals surface area contributed by atoms with E-state index in [2.05, 4.69) is 0 Å². The topological polar surface area (TPSA) is 62.2 Å². The Labute approximate surface area is 133 Å². The molecule has 4 atom stereocenters. The van der Waals surface area contributed by atoms with Gasteiger partial charge in [0.15, 0.2) is 6.73 Å². The molecule has 2 bridgehead atoms. The summed E-state index contributed by atoms with van der Waals surface area (Å²) in [4.78, 5) is 33.1. The average molecular weight is 309 g/mol. The predicted molar refractivity (Wildman–Crippen MR) is 82.0 cm³/mol. The lowest BCUT2D eigenvalue weighted by Gasteiger charge is -2.47. The fraction of sp³-hybridized carbons (Fsp3) is 0.353. The number of rotatable bonds is 0. The quantitative estimate of drug-likeness (QED) is 0.533. The van der Waals surface area contributed by atoms with Crippen molar-refractivity contribution < 1.29 is 14.3 Å². The number of amides is 2. The Hall–Kier alpha value is -2.63. The largest absolute Gasteiger partial charge is 0.471 e. The summed E-state index contributed by atoms with van der Waals surface area (Å²) in [7, 11) is 1.57. The lowest BCUT2D eigenvalue weighted by Crippen LogP contribution is -2.59. The second-order valence-electron chi connectivity index (χ2n) is 6.37. The van der Waals surface area contributed by atoms with Crippen LogP contribution >= 0.6 is 0 Å². The monoisotopic (exact) mass is 309 g/mol. The highest BCUT2D eigenvalue weighted by molar-refractivity contribution is 6.10. The van der Waals surface area contributed by atoms with Gasteiger partial charge < -0.3 is 9.64 Å². The number of imide groups is 1. The molecule has 4 aliphatic heterocycles. The fourth-order valence-corrected chi connectivity index (χ4v) is 4.19. The first-order chi connectivity index (χ1) is 11.2. The molecule has 23 heavy (non-hydrogen) atoms. The number of carbonyl (C=O) groups excluding carboxylic acids is 2. The summed E-state index contributed by atoms with van der Waals surface area (Å²) in [6, 6.07) is 7.45. The Kier molecular flexibility index (Phi) is 2.36. The van der Waals surface area contributed by atoms with Gasteiger partial charge in [-0.3, -0.25) is 14.5 Å². The molecular weight excluding hydrogens is 294 g/mol. The van der Waals surface area contributed by atoms with Crippen LogP contribution in [0.3, 0.4) is 0 Å². The van der Waals surface area contributed by atoms with Crippen molar-refractivity contribution in [2.45, 2.75) is 6.04 Å². The molecule has 4 unspecified atom stereocenters. The van der Waals surface area contributed by atoms with Gasteiger partial charge in [-0.25, -0.2) is 4.99 Å². The van der Waals surface area contributed by atoms with Crippen molar-refractivity contribution in [1.29, 1.82) is 0 Å². The molecule has 1 aliphatic carbocycles. The molecule has 116 valence electrons. The van der Waals surface area contributed by atoms with E-state index in [1.165, 1.54) is 4.90 Å². The summed E-state index contributed by atoms with van der Waals surface area (Å²) in [5.74, 6) is 0.546. The van der Waals surface area contributed by atoms with Gasteiger partial charge in [-0.15, -0.1) is 0 Å². The highest BCUT2D eigenvalue weighted by atomic mass is 16.5. The molecule has 0 spiro atoms. The zero-order chi connectivity index (χ0) is 15.7. The van der Waals surface area contributed by atoms with Crippen LogP contribution < -0.4 is 4.74 Å². The highest BCUT2D eigenvalue weighted by Crippen LogP contribution is 2.47. The minimum absolute atomic E-state index is 0.0971. The summed E-state index contributed by atoms with van der Waals surface area (Å²) < 4.78 is 5.88. The van der Waals surface area contributed by atoms with Gasteiger partial charge in [0.25, 0.3) is 0 Å². The first-order valence-corrected chi connectivity index (χ1v) is 7.73. The standard InChI is InChI=1S/C17H15N3O3/c1-19-16(21)13-9-6-7-11(14(13)17(19)22)20-8-23-12-5-3-2-4-10(12)18-15(9)20/h2-7,9,11,13-14H,8H2,1H3. The van der Waals surface area contributed by atoms with Crippen LogP contribution in [0.15, 0.2) is 41.4 Å². The number of ether oxygens (including phenoxy) is 1. The number of hydrogen-bond acceptors (Lipinski definition) is 5. The van der Waals surface area contributed by atoms with Crippen molar-refractivity contribution in [1.82, 2.24) is 9.80 Å². The lowest BCUT2D eigenvalue weighted by atomic mass is 9.69. The number of benzene rings is 1. The number of fused-ring (bicyclic) bond motifs is 1. The molecule has 1 aromatic rings. The maximum Gasteiger partial charge on any atom is 0.235 e. The molecule has 5 aliphatic rings. The minimum Gasteiger partial charge on any atom is -0.471 e. The van der Waals surface area contributed by atoms with Crippen LogP contribution in [-0.4, -0.2) is 47.3 Å². The van der Waals surface area contributed by atoms with Crippen molar-refractivity contribution in [2.75, 3.05) is 13.8 Å². The van der Waals surface area contributed by atoms with Gasteiger partial charge >= 0.3 is 0 Å². The van der Waals surface area contributed by atoms with Crippen LogP contribution in [0.5, 0.6) is 5.75 Å². The summed E-state index contributed by atoms with van der Waals surface area (Å²) in [6.07, 6.45) is 4.05. The van der Waals surface area contributed by atoms with Crippen LogP contribution in [0.2, 0.25) is 0 Å². The average Bonchev–Trinajstić information content (AvgIpc) is 2.76. The zero-order valence-corrected chi connectivity index (χ0v) is 12.5. The van der Waals surface area contributed by atoms with Crippen LogP contribution in [-0.2, 0) is 9.59 Å². The second kappa shape index (κ2) is 4.22. The predicted octanol–water partition coefficient (Wildman–Crippen LogP) is 1.17. The maximum absolute atomic E-state index is 12.5. The van der Waals surface area contributed by atoms with Crippen molar-refractivity contribution in [2.24, 2.45) is 22.7 Å². The Bertz CT molecular complexity index is 800. The van der Waals surface area contributed by atoms with Crippen molar-refractivity contribution in [3.05, 3.63) is 36.4 Å². The van der Waals surface area contributed by atoms with E-state index in [4.69, 9.17) is 9.73 Å².